The maximum Gasteiger partial charge on any atom is 0.251 e. The third-order valence-corrected chi connectivity index (χ3v) is 6.92. The highest BCUT2D eigenvalue weighted by Gasteiger charge is 2.25. The van der Waals surface area contributed by atoms with Crippen LogP contribution in [0.25, 0.3) is 0 Å². The summed E-state index contributed by atoms with van der Waals surface area (Å²) in [6.07, 6.45) is 5.01. The molecule has 2 heterocycles. The highest BCUT2D eigenvalue weighted by molar-refractivity contribution is 5.95. The quantitative estimate of drug-likeness (QED) is 0.375. The summed E-state index contributed by atoms with van der Waals surface area (Å²) in [7, 11) is 0. The number of aliphatic hydroxyl groups excluding tert-OH is 1. The first-order valence-electron chi connectivity index (χ1n) is 12.2. The summed E-state index contributed by atoms with van der Waals surface area (Å²) >= 11 is 0. The lowest BCUT2D eigenvalue weighted by Crippen LogP contribution is -2.49. The van der Waals surface area contributed by atoms with E-state index < -0.39 is 6.10 Å². The number of aliphatic hydroxyl groups is 1. The summed E-state index contributed by atoms with van der Waals surface area (Å²) in [5.41, 5.74) is 4.69. The Morgan fingerprint density at radius 1 is 1.26 bits per heavy atom. The molecule has 0 saturated heterocycles. The molecule has 2 aromatic carbocycles. The number of ether oxygens (including phenoxy) is 1. The molecular formula is C27H32N4O4. The van der Waals surface area contributed by atoms with Crippen LogP contribution in [-0.2, 0) is 19.6 Å². The Morgan fingerprint density at radius 3 is 2.91 bits per heavy atom. The van der Waals surface area contributed by atoms with Crippen molar-refractivity contribution in [2.45, 2.75) is 63.9 Å². The molecule has 184 valence electrons. The molecule has 8 heteroatoms. The zero-order valence-electron chi connectivity index (χ0n) is 19.9. The average Bonchev–Trinajstić information content (AvgIpc) is 3.27. The first-order chi connectivity index (χ1) is 17.0. The van der Waals surface area contributed by atoms with Crippen molar-refractivity contribution in [2.75, 3.05) is 11.9 Å². The Kier molecular flexibility index (Phi) is 7.01. The molecule has 2 aliphatic rings. The molecule has 35 heavy (non-hydrogen) atoms. The minimum Gasteiger partial charge on any atom is -0.486 e. The summed E-state index contributed by atoms with van der Waals surface area (Å²) in [4.78, 5) is 16.7. The highest BCUT2D eigenvalue weighted by atomic mass is 16.5. The minimum atomic E-state index is -0.700. The first kappa shape index (κ1) is 23.4. The van der Waals surface area contributed by atoms with Gasteiger partial charge in [0.1, 0.15) is 12.4 Å². The van der Waals surface area contributed by atoms with Crippen LogP contribution in [0.5, 0.6) is 5.75 Å². The van der Waals surface area contributed by atoms with Crippen molar-refractivity contribution in [1.29, 1.82) is 0 Å². The first-order valence-corrected chi connectivity index (χ1v) is 12.2. The van der Waals surface area contributed by atoms with Crippen molar-refractivity contribution in [2.24, 2.45) is 0 Å². The van der Waals surface area contributed by atoms with Gasteiger partial charge in [0.15, 0.2) is 12.2 Å². The van der Waals surface area contributed by atoms with Gasteiger partial charge in [-0.05, 0) is 74.1 Å². The van der Waals surface area contributed by atoms with Crippen LogP contribution in [0.15, 0.2) is 53.3 Å². The molecule has 3 aromatic rings. The molecule has 0 bridgehead atoms. The molecule has 1 aromatic heterocycles. The van der Waals surface area contributed by atoms with Crippen molar-refractivity contribution in [3.8, 4) is 5.75 Å². The molecule has 2 atom stereocenters. The van der Waals surface area contributed by atoms with Crippen LogP contribution in [0.1, 0.15) is 52.2 Å². The van der Waals surface area contributed by atoms with E-state index in [1.54, 1.807) is 6.07 Å². The molecule has 0 radical (unpaired) electrons. The molecule has 1 saturated carbocycles. The lowest BCUT2D eigenvalue weighted by molar-refractivity contribution is 0.0870. The fourth-order valence-electron chi connectivity index (χ4n) is 4.47. The molecule has 0 spiro atoms. The number of rotatable bonds is 9. The second kappa shape index (κ2) is 10.5. The van der Waals surface area contributed by atoms with E-state index >= 15 is 0 Å². The molecular weight excluding hydrogens is 444 g/mol. The van der Waals surface area contributed by atoms with E-state index in [2.05, 4.69) is 20.9 Å². The minimum absolute atomic E-state index is 0.141. The van der Waals surface area contributed by atoms with E-state index in [9.17, 15) is 9.90 Å². The van der Waals surface area contributed by atoms with Crippen LogP contribution in [0.3, 0.4) is 0 Å². The van der Waals surface area contributed by atoms with Gasteiger partial charge in [0.2, 0.25) is 0 Å². The van der Waals surface area contributed by atoms with Gasteiger partial charge in [-0.1, -0.05) is 12.1 Å². The van der Waals surface area contributed by atoms with Gasteiger partial charge in [-0.2, -0.15) is 0 Å². The average molecular weight is 477 g/mol. The lowest BCUT2D eigenvalue weighted by Gasteiger charge is -2.30. The van der Waals surface area contributed by atoms with E-state index in [0.717, 1.165) is 28.3 Å². The van der Waals surface area contributed by atoms with E-state index in [0.29, 0.717) is 36.9 Å². The van der Waals surface area contributed by atoms with Gasteiger partial charge in [0.25, 0.3) is 5.91 Å². The van der Waals surface area contributed by atoms with Gasteiger partial charge in [0.05, 0.1) is 11.8 Å². The molecule has 1 aliphatic carbocycles. The number of carbonyl (C=O) groups is 1. The molecule has 0 unspecified atom stereocenters. The number of carbonyl (C=O) groups excluding carboxylic acids is 1. The number of amides is 1. The monoisotopic (exact) mass is 476 g/mol. The van der Waals surface area contributed by atoms with E-state index in [4.69, 9.17) is 9.15 Å². The zero-order chi connectivity index (χ0) is 24.2. The van der Waals surface area contributed by atoms with Crippen molar-refractivity contribution >= 4 is 11.6 Å². The lowest BCUT2D eigenvalue weighted by atomic mass is 9.92. The van der Waals surface area contributed by atoms with Gasteiger partial charge in [-0.3, -0.25) is 4.79 Å². The SMILES string of the molecule is Cc1ncoc1COc1ccc2c(c1)CN[C@H]([C@H](O)CNC(=O)c1cccc(NC3CCC3)c1)C2. The fraction of sp³-hybridized carbons (Fsp3) is 0.407. The summed E-state index contributed by atoms with van der Waals surface area (Å²) in [6.45, 7) is 3.03. The van der Waals surface area contributed by atoms with Crippen molar-refractivity contribution in [3.05, 3.63) is 77.0 Å². The van der Waals surface area contributed by atoms with Crippen molar-refractivity contribution in [3.63, 3.8) is 0 Å². The molecule has 8 nitrogen and oxygen atoms in total. The standard InChI is InChI=1S/C27H32N4O4/c1-17-26(35-16-30-17)15-34-23-9-8-18-12-24(28-13-20(18)11-23)25(32)14-29-27(33)19-4-2-7-22(10-19)31-21-5-3-6-21/h2,4,7-11,16,21,24-25,28,31-32H,3,5-6,12-15H2,1H3,(H,29,33)/t24-,25+/m0/s1. The smallest absolute Gasteiger partial charge is 0.251 e. The maximum absolute atomic E-state index is 12.7. The van der Waals surface area contributed by atoms with Gasteiger partial charge in [-0.15, -0.1) is 0 Å². The number of fused-ring (bicyclic) bond motifs is 1. The van der Waals surface area contributed by atoms with Crippen LogP contribution in [0, 0.1) is 6.92 Å². The van der Waals surface area contributed by atoms with Gasteiger partial charge < -0.3 is 30.2 Å². The molecule has 1 aliphatic heterocycles. The van der Waals surface area contributed by atoms with E-state index in [1.807, 2.05) is 43.3 Å². The largest absolute Gasteiger partial charge is 0.486 e. The second-order valence-electron chi connectivity index (χ2n) is 9.40. The number of nitrogens with one attached hydrogen (secondary N) is 3. The van der Waals surface area contributed by atoms with Crippen LogP contribution in [0.4, 0.5) is 5.69 Å². The Morgan fingerprint density at radius 2 is 2.14 bits per heavy atom. The third-order valence-electron chi connectivity index (χ3n) is 6.92. The molecule has 4 N–H and O–H groups in total. The Balaban J connectivity index is 1.12. The third kappa shape index (κ3) is 5.66. The number of hydrogen-bond acceptors (Lipinski definition) is 7. The Hall–Kier alpha value is -3.36. The predicted molar refractivity (Wildman–Crippen MR) is 132 cm³/mol. The van der Waals surface area contributed by atoms with Crippen LogP contribution < -0.4 is 20.7 Å². The summed E-state index contributed by atoms with van der Waals surface area (Å²) < 4.78 is 11.2. The Bertz CT molecular complexity index is 1170. The number of hydrogen-bond donors (Lipinski definition) is 4. The molecule has 5 rings (SSSR count). The van der Waals surface area contributed by atoms with Crippen LogP contribution in [0.2, 0.25) is 0 Å². The van der Waals surface area contributed by atoms with Crippen LogP contribution in [-0.4, -0.2) is 40.7 Å². The van der Waals surface area contributed by atoms with Crippen molar-refractivity contribution in [1.82, 2.24) is 15.6 Å². The normalized spacial score (nSPS) is 18.3. The number of aryl methyl sites for hydroxylation is 1. The topological polar surface area (TPSA) is 109 Å². The molecule has 1 fully saturated rings. The number of aromatic nitrogens is 1. The summed E-state index contributed by atoms with van der Waals surface area (Å²) in [6, 6.07) is 13.9. The summed E-state index contributed by atoms with van der Waals surface area (Å²) in [5.74, 6) is 1.30. The summed E-state index contributed by atoms with van der Waals surface area (Å²) in [5, 5.41) is 20.5. The molecule has 1 amide bonds. The van der Waals surface area contributed by atoms with Crippen molar-refractivity contribution < 1.29 is 19.1 Å². The van der Waals surface area contributed by atoms with Gasteiger partial charge in [-0.25, -0.2) is 4.98 Å². The maximum atomic E-state index is 12.7. The van der Waals surface area contributed by atoms with Crippen LogP contribution >= 0.6 is 0 Å². The number of oxazole rings is 1. The number of anilines is 1. The highest BCUT2D eigenvalue weighted by Crippen LogP contribution is 2.25. The second-order valence-corrected chi connectivity index (χ2v) is 9.40. The van der Waals surface area contributed by atoms with Gasteiger partial charge >= 0.3 is 0 Å². The number of benzene rings is 2. The Labute approximate surface area is 205 Å². The zero-order valence-corrected chi connectivity index (χ0v) is 19.9. The predicted octanol–water partition coefficient (Wildman–Crippen LogP) is 3.33. The van der Waals surface area contributed by atoms with E-state index in [-0.39, 0.29) is 18.5 Å². The number of nitrogens with zero attached hydrogens (tertiary/aromatic N) is 1. The van der Waals surface area contributed by atoms with E-state index in [1.165, 1.54) is 25.7 Å². The van der Waals surface area contributed by atoms with Gasteiger partial charge in [0, 0.05) is 36.4 Å². The fourth-order valence-corrected chi connectivity index (χ4v) is 4.47.